The van der Waals surface area contributed by atoms with Crippen LogP contribution in [0.2, 0.25) is 0 Å². The van der Waals surface area contributed by atoms with E-state index in [1.54, 1.807) is 6.92 Å². The second kappa shape index (κ2) is 4.84. The van der Waals surface area contributed by atoms with Gasteiger partial charge in [0.2, 0.25) is 0 Å². The van der Waals surface area contributed by atoms with Gasteiger partial charge in [0.05, 0.1) is 4.92 Å². The number of hydrogen-bond acceptors (Lipinski definition) is 4. The summed E-state index contributed by atoms with van der Waals surface area (Å²) in [6.07, 6.45) is -4.40. The molecule has 0 heterocycles. The van der Waals surface area contributed by atoms with E-state index in [2.05, 4.69) is 10.6 Å². The van der Waals surface area contributed by atoms with Crippen LogP contribution in [0.3, 0.4) is 0 Å². The van der Waals surface area contributed by atoms with E-state index in [4.69, 9.17) is 0 Å². The molecule has 0 amide bonds. The average Bonchev–Trinajstić information content (AvgIpc) is 3.09. The largest absolute Gasteiger partial charge is 0.411 e. The van der Waals surface area contributed by atoms with Gasteiger partial charge in [-0.2, -0.15) is 13.2 Å². The molecule has 1 fully saturated rings. The summed E-state index contributed by atoms with van der Waals surface area (Å²) in [5.41, 5.74) is -1.66. The number of nitro benzene ring substituents is 1. The minimum atomic E-state index is -4.37. The molecular weight excluding hydrogens is 275 g/mol. The normalized spacial score (nSPS) is 16.6. The maximum Gasteiger partial charge on any atom is 0.411 e. The molecule has 0 aromatic heterocycles. The second-order valence-corrected chi connectivity index (χ2v) is 4.76. The lowest BCUT2D eigenvalue weighted by atomic mass is 10.2. The zero-order valence-corrected chi connectivity index (χ0v) is 10.8. The Labute approximate surface area is 113 Å². The van der Waals surface area contributed by atoms with Gasteiger partial charge in [0.1, 0.15) is 5.54 Å². The van der Waals surface area contributed by atoms with Crippen molar-refractivity contribution in [2.24, 2.45) is 0 Å². The van der Waals surface area contributed by atoms with Crippen LogP contribution < -0.4 is 10.6 Å². The molecular formula is C12H14F3N3O2. The lowest BCUT2D eigenvalue weighted by Crippen LogP contribution is -2.38. The van der Waals surface area contributed by atoms with Crippen LogP contribution in [0.25, 0.3) is 0 Å². The van der Waals surface area contributed by atoms with Crippen LogP contribution in [-0.4, -0.2) is 23.2 Å². The molecule has 0 aliphatic heterocycles. The zero-order valence-electron chi connectivity index (χ0n) is 10.8. The average molecular weight is 289 g/mol. The minimum Gasteiger partial charge on any atom is -0.385 e. The monoisotopic (exact) mass is 289 g/mol. The van der Waals surface area contributed by atoms with E-state index >= 15 is 0 Å². The summed E-state index contributed by atoms with van der Waals surface area (Å²) in [4.78, 5) is 10.2. The maximum atomic E-state index is 12.9. The molecule has 1 aliphatic rings. The first-order valence-electron chi connectivity index (χ1n) is 6.16. The highest BCUT2D eigenvalue weighted by Crippen LogP contribution is 2.51. The maximum absolute atomic E-state index is 12.9. The Hall–Kier alpha value is -1.99. The van der Waals surface area contributed by atoms with Gasteiger partial charge in [0, 0.05) is 30.1 Å². The number of hydrogen-bond donors (Lipinski definition) is 2. The van der Waals surface area contributed by atoms with Gasteiger partial charge in [-0.05, 0) is 25.8 Å². The van der Waals surface area contributed by atoms with E-state index in [0.717, 1.165) is 6.07 Å². The third-order valence-corrected chi connectivity index (χ3v) is 3.19. The smallest absolute Gasteiger partial charge is 0.385 e. The van der Waals surface area contributed by atoms with E-state index in [-0.39, 0.29) is 24.2 Å². The first-order valence-corrected chi connectivity index (χ1v) is 6.16. The van der Waals surface area contributed by atoms with Crippen molar-refractivity contribution >= 4 is 17.1 Å². The SMILES string of the molecule is CCNc1cc(NC2(C(F)(F)F)CC2)cc([N+](=O)[O-])c1. The second-order valence-electron chi connectivity index (χ2n) is 4.76. The Morgan fingerprint density at radius 2 is 1.90 bits per heavy atom. The molecule has 0 bridgehead atoms. The van der Waals surface area contributed by atoms with E-state index < -0.39 is 16.6 Å². The standard InChI is InChI=1S/C12H14F3N3O2/c1-2-16-8-5-9(7-10(6-8)18(19)20)17-11(3-4-11)12(13,14)15/h5-7,16-17H,2-4H2,1H3. The van der Waals surface area contributed by atoms with E-state index in [1.807, 2.05) is 0 Å². The summed E-state index contributed by atoms with van der Waals surface area (Å²) in [6, 6.07) is 3.86. The molecule has 110 valence electrons. The van der Waals surface area contributed by atoms with Crippen LogP contribution >= 0.6 is 0 Å². The topological polar surface area (TPSA) is 67.2 Å². The number of nitro groups is 1. The van der Waals surface area contributed by atoms with Gasteiger partial charge < -0.3 is 10.6 Å². The quantitative estimate of drug-likeness (QED) is 0.642. The molecule has 0 saturated heterocycles. The lowest BCUT2D eigenvalue weighted by Gasteiger charge is -2.22. The number of rotatable bonds is 5. The van der Waals surface area contributed by atoms with Crippen molar-refractivity contribution in [3.63, 3.8) is 0 Å². The molecule has 8 heteroatoms. The summed E-state index contributed by atoms with van der Waals surface area (Å²) in [6.45, 7) is 2.31. The first kappa shape index (κ1) is 14.4. The molecule has 1 aromatic carbocycles. The van der Waals surface area contributed by atoms with Gasteiger partial charge in [-0.15, -0.1) is 0 Å². The number of benzene rings is 1. The number of nitrogens with one attached hydrogen (secondary N) is 2. The van der Waals surface area contributed by atoms with Crippen LogP contribution in [0.1, 0.15) is 19.8 Å². The summed E-state index contributed by atoms with van der Waals surface area (Å²) < 4.78 is 38.6. The van der Waals surface area contributed by atoms with Crippen molar-refractivity contribution in [3.8, 4) is 0 Å². The summed E-state index contributed by atoms with van der Waals surface area (Å²) in [5, 5.41) is 16.1. The Kier molecular flexibility index (Phi) is 3.49. The molecule has 1 saturated carbocycles. The number of non-ortho nitro benzene ring substituents is 1. The molecule has 0 spiro atoms. The molecule has 2 N–H and O–H groups in total. The number of alkyl halides is 3. The first-order chi connectivity index (χ1) is 9.27. The predicted octanol–water partition coefficient (Wildman–Crippen LogP) is 3.53. The van der Waals surface area contributed by atoms with Gasteiger partial charge in [-0.3, -0.25) is 10.1 Å². The summed E-state index contributed by atoms with van der Waals surface area (Å²) >= 11 is 0. The van der Waals surface area contributed by atoms with Crippen molar-refractivity contribution in [2.45, 2.75) is 31.5 Å². The Bertz CT molecular complexity index is 527. The van der Waals surface area contributed by atoms with Crippen molar-refractivity contribution < 1.29 is 18.1 Å². The minimum absolute atomic E-state index is 0.0181. The highest BCUT2D eigenvalue weighted by atomic mass is 19.4. The van der Waals surface area contributed by atoms with Crippen LogP contribution in [-0.2, 0) is 0 Å². The summed E-state index contributed by atoms with van der Waals surface area (Å²) in [7, 11) is 0. The number of halogens is 3. The Morgan fingerprint density at radius 3 is 2.35 bits per heavy atom. The molecule has 1 aromatic rings. The summed E-state index contributed by atoms with van der Waals surface area (Å²) in [5.74, 6) is 0. The molecule has 2 rings (SSSR count). The third-order valence-electron chi connectivity index (χ3n) is 3.19. The Morgan fingerprint density at radius 1 is 1.30 bits per heavy atom. The zero-order chi connectivity index (χ0) is 15.0. The third kappa shape index (κ3) is 2.78. The van der Waals surface area contributed by atoms with Gasteiger partial charge >= 0.3 is 6.18 Å². The van der Waals surface area contributed by atoms with Crippen LogP contribution in [0.4, 0.5) is 30.2 Å². The van der Waals surface area contributed by atoms with Gasteiger partial charge in [-0.25, -0.2) is 0 Å². The van der Waals surface area contributed by atoms with Gasteiger partial charge in [-0.1, -0.05) is 0 Å². The lowest BCUT2D eigenvalue weighted by molar-refractivity contribution is -0.384. The highest BCUT2D eigenvalue weighted by Gasteiger charge is 2.63. The molecule has 0 unspecified atom stereocenters. The molecule has 20 heavy (non-hydrogen) atoms. The molecule has 1 aliphatic carbocycles. The van der Waals surface area contributed by atoms with Crippen LogP contribution in [0, 0.1) is 10.1 Å². The van der Waals surface area contributed by atoms with Gasteiger partial charge in [0.15, 0.2) is 0 Å². The molecule has 5 nitrogen and oxygen atoms in total. The fourth-order valence-electron chi connectivity index (χ4n) is 1.98. The fraction of sp³-hybridized carbons (Fsp3) is 0.500. The molecule has 0 atom stereocenters. The fourth-order valence-corrected chi connectivity index (χ4v) is 1.98. The van der Waals surface area contributed by atoms with Gasteiger partial charge in [0.25, 0.3) is 5.69 Å². The number of anilines is 2. The van der Waals surface area contributed by atoms with Crippen LogP contribution in [0.15, 0.2) is 18.2 Å². The van der Waals surface area contributed by atoms with Crippen molar-refractivity contribution in [1.29, 1.82) is 0 Å². The Balaban J connectivity index is 2.29. The highest BCUT2D eigenvalue weighted by molar-refractivity contribution is 5.64. The van der Waals surface area contributed by atoms with E-state index in [9.17, 15) is 23.3 Å². The van der Waals surface area contributed by atoms with Crippen molar-refractivity contribution in [2.75, 3.05) is 17.2 Å². The van der Waals surface area contributed by atoms with E-state index in [1.165, 1.54) is 12.1 Å². The molecule has 0 radical (unpaired) electrons. The van der Waals surface area contributed by atoms with Crippen molar-refractivity contribution in [1.82, 2.24) is 0 Å². The number of nitrogens with zero attached hydrogens (tertiary/aromatic N) is 1. The van der Waals surface area contributed by atoms with Crippen molar-refractivity contribution in [3.05, 3.63) is 28.3 Å². The predicted molar refractivity (Wildman–Crippen MR) is 68.9 cm³/mol. The van der Waals surface area contributed by atoms with Crippen LogP contribution in [0.5, 0.6) is 0 Å². The van der Waals surface area contributed by atoms with E-state index in [0.29, 0.717) is 12.2 Å².